The first kappa shape index (κ1) is 25.0. The molecule has 11 nitrogen and oxygen atoms in total. The maximum absolute atomic E-state index is 12.3. The number of hydrogen-bond acceptors (Lipinski definition) is 9. The van der Waals surface area contributed by atoms with Gasteiger partial charge in [-0.3, -0.25) is 15.0 Å². The van der Waals surface area contributed by atoms with E-state index in [9.17, 15) is 14.4 Å². The van der Waals surface area contributed by atoms with E-state index in [0.29, 0.717) is 39.5 Å². The predicted octanol–water partition coefficient (Wildman–Crippen LogP) is 0.920. The third kappa shape index (κ3) is 8.77. The van der Waals surface area contributed by atoms with Crippen LogP contribution in [0, 0.1) is 0 Å². The number of piperidine rings is 1. The zero-order valence-electron chi connectivity index (χ0n) is 17.9. The maximum atomic E-state index is 12.3. The largest absolute Gasteiger partial charge is 0.449 e. The molecular weight excluding hydrogens is 428 g/mol. The van der Waals surface area contributed by atoms with Crippen molar-refractivity contribution in [3.63, 3.8) is 0 Å². The summed E-state index contributed by atoms with van der Waals surface area (Å²) in [6, 6.07) is 0. The van der Waals surface area contributed by atoms with Crippen LogP contribution in [-0.4, -0.2) is 87.6 Å². The van der Waals surface area contributed by atoms with E-state index in [1.54, 1.807) is 24.3 Å². The number of carbonyl (C=O) groups is 3. The molecule has 1 aliphatic rings. The average Bonchev–Trinajstić information content (AvgIpc) is 3.27. The van der Waals surface area contributed by atoms with E-state index < -0.39 is 12.0 Å². The van der Waals surface area contributed by atoms with Crippen molar-refractivity contribution in [2.75, 3.05) is 59.8 Å². The van der Waals surface area contributed by atoms with Crippen molar-refractivity contribution >= 4 is 29.2 Å². The number of nitrogens with one attached hydrogen (secondary N) is 2. The molecule has 1 fully saturated rings. The summed E-state index contributed by atoms with van der Waals surface area (Å²) >= 11 is 1.40. The smallest absolute Gasteiger partial charge is 0.426 e. The van der Waals surface area contributed by atoms with Gasteiger partial charge < -0.3 is 23.8 Å². The first-order valence-electron chi connectivity index (χ1n) is 10.2. The number of likely N-dealkylation sites (tertiary alicyclic amines) is 1. The maximum Gasteiger partial charge on any atom is 0.426 e. The minimum atomic E-state index is -0.731. The average molecular weight is 459 g/mol. The first-order chi connectivity index (χ1) is 15.0. The van der Waals surface area contributed by atoms with Crippen molar-refractivity contribution in [3.05, 3.63) is 16.1 Å². The van der Waals surface area contributed by atoms with Crippen molar-refractivity contribution in [1.29, 1.82) is 0 Å². The van der Waals surface area contributed by atoms with E-state index in [2.05, 4.69) is 20.6 Å². The highest BCUT2D eigenvalue weighted by atomic mass is 32.1. The molecule has 12 heteroatoms. The third-order valence-corrected chi connectivity index (χ3v) is 5.54. The van der Waals surface area contributed by atoms with Gasteiger partial charge in [0.2, 0.25) is 5.91 Å². The lowest BCUT2D eigenvalue weighted by Gasteiger charge is -2.31. The summed E-state index contributed by atoms with van der Waals surface area (Å²) < 4.78 is 20.2. The molecular formula is C19H30N4O7S. The Labute approximate surface area is 185 Å². The molecule has 0 spiro atoms. The standard InChI is InChI=1S/C19H30N4O7S/c1-3-30-19(26)22-21-17(25)15-13-31-18(20-15)14-4-6-23(7-5-14)16(24)12-29-11-10-28-9-8-27-2/h13-14H,3-12H2,1-2H3,(H,21,25)(H,22,26). The van der Waals surface area contributed by atoms with E-state index in [0.717, 1.165) is 17.8 Å². The van der Waals surface area contributed by atoms with Crippen LogP contribution in [0.25, 0.3) is 0 Å². The van der Waals surface area contributed by atoms with E-state index in [4.69, 9.17) is 14.2 Å². The van der Waals surface area contributed by atoms with Crippen LogP contribution in [0.1, 0.15) is 41.2 Å². The first-order valence-corrected chi connectivity index (χ1v) is 11.0. The fourth-order valence-electron chi connectivity index (χ4n) is 2.91. The number of rotatable bonds is 11. The van der Waals surface area contributed by atoms with Gasteiger partial charge in [-0.25, -0.2) is 15.2 Å². The lowest BCUT2D eigenvalue weighted by Crippen LogP contribution is -2.42. The lowest BCUT2D eigenvalue weighted by molar-refractivity contribution is -0.137. The van der Waals surface area contributed by atoms with Crippen molar-refractivity contribution < 1.29 is 33.3 Å². The Morgan fingerprint density at radius 2 is 1.84 bits per heavy atom. The van der Waals surface area contributed by atoms with Gasteiger partial charge in [-0.05, 0) is 19.8 Å². The molecule has 3 amide bonds. The molecule has 1 saturated heterocycles. The molecule has 0 saturated carbocycles. The number of hydrazine groups is 1. The number of hydrogen-bond donors (Lipinski definition) is 2. The summed E-state index contributed by atoms with van der Waals surface area (Å²) in [7, 11) is 1.61. The number of ether oxygens (including phenoxy) is 4. The van der Waals surface area contributed by atoms with Gasteiger partial charge in [0.15, 0.2) is 0 Å². The molecule has 2 N–H and O–H groups in total. The Morgan fingerprint density at radius 3 is 2.55 bits per heavy atom. The predicted molar refractivity (Wildman–Crippen MR) is 112 cm³/mol. The van der Waals surface area contributed by atoms with Gasteiger partial charge in [-0.15, -0.1) is 11.3 Å². The molecule has 0 unspecified atom stereocenters. The molecule has 0 bridgehead atoms. The topological polar surface area (TPSA) is 128 Å². The minimum Gasteiger partial charge on any atom is -0.449 e. The SMILES string of the molecule is CCOC(=O)NNC(=O)c1csc(C2CCN(C(=O)COCCOCCOC)CC2)n1. The second-order valence-electron chi connectivity index (χ2n) is 6.68. The molecule has 0 radical (unpaired) electrons. The van der Waals surface area contributed by atoms with Crippen LogP contribution in [0.4, 0.5) is 4.79 Å². The summed E-state index contributed by atoms with van der Waals surface area (Å²) in [6.07, 6.45) is 0.800. The summed E-state index contributed by atoms with van der Waals surface area (Å²) in [6.45, 7) is 4.96. The second-order valence-corrected chi connectivity index (χ2v) is 7.57. The molecule has 31 heavy (non-hydrogen) atoms. The number of methoxy groups -OCH3 is 1. The van der Waals surface area contributed by atoms with E-state index in [1.807, 2.05) is 0 Å². The molecule has 1 aromatic heterocycles. The van der Waals surface area contributed by atoms with Crippen LogP contribution < -0.4 is 10.9 Å². The van der Waals surface area contributed by atoms with Gasteiger partial charge in [-0.2, -0.15) is 0 Å². The van der Waals surface area contributed by atoms with Gasteiger partial charge in [0.25, 0.3) is 5.91 Å². The zero-order valence-corrected chi connectivity index (χ0v) is 18.7. The fourth-order valence-corrected chi connectivity index (χ4v) is 3.88. The van der Waals surface area contributed by atoms with Gasteiger partial charge in [-0.1, -0.05) is 0 Å². The Hall–Kier alpha value is -2.28. The van der Waals surface area contributed by atoms with Crippen molar-refractivity contribution in [2.45, 2.75) is 25.7 Å². The highest BCUT2D eigenvalue weighted by Gasteiger charge is 2.26. The van der Waals surface area contributed by atoms with E-state index >= 15 is 0 Å². The van der Waals surface area contributed by atoms with Crippen molar-refractivity contribution in [2.24, 2.45) is 0 Å². The second kappa shape index (κ2) is 13.9. The fraction of sp³-hybridized carbons (Fsp3) is 0.684. The van der Waals surface area contributed by atoms with E-state index in [1.165, 1.54) is 11.3 Å². The van der Waals surface area contributed by atoms with Gasteiger partial charge in [0, 0.05) is 31.5 Å². The number of carbonyl (C=O) groups excluding carboxylic acids is 3. The molecule has 1 aromatic rings. The zero-order chi connectivity index (χ0) is 22.5. The quantitative estimate of drug-likeness (QED) is 0.370. The highest BCUT2D eigenvalue weighted by molar-refractivity contribution is 7.09. The van der Waals surface area contributed by atoms with Crippen LogP contribution in [-0.2, 0) is 23.7 Å². The molecule has 0 aromatic carbocycles. The van der Waals surface area contributed by atoms with Crippen molar-refractivity contribution in [3.8, 4) is 0 Å². The van der Waals surface area contributed by atoms with Crippen LogP contribution in [0.15, 0.2) is 5.38 Å². The Balaban J connectivity index is 1.67. The minimum absolute atomic E-state index is 0.0351. The van der Waals surface area contributed by atoms with Crippen LogP contribution in [0.3, 0.4) is 0 Å². The summed E-state index contributed by atoms with van der Waals surface area (Å²) in [5, 5.41) is 2.50. The highest BCUT2D eigenvalue weighted by Crippen LogP contribution is 2.30. The summed E-state index contributed by atoms with van der Waals surface area (Å²) in [4.78, 5) is 41.7. The number of aromatic nitrogens is 1. The summed E-state index contributed by atoms with van der Waals surface area (Å²) in [5.74, 6) is -0.366. The third-order valence-electron chi connectivity index (χ3n) is 4.53. The normalized spacial score (nSPS) is 14.3. The number of amides is 3. The lowest BCUT2D eigenvalue weighted by atomic mass is 9.97. The summed E-state index contributed by atoms with van der Waals surface area (Å²) in [5.41, 5.74) is 4.65. The molecule has 1 aliphatic heterocycles. The van der Waals surface area contributed by atoms with Gasteiger partial charge in [0.1, 0.15) is 12.3 Å². The molecule has 2 heterocycles. The molecule has 174 valence electrons. The number of nitrogens with zero attached hydrogens (tertiary/aromatic N) is 2. The molecule has 0 atom stereocenters. The molecule has 2 rings (SSSR count). The Morgan fingerprint density at radius 1 is 1.13 bits per heavy atom. The van der Waals surface area contributed by atoms with Crippen LogP contribution >= 0.6 is 11.3 Å². The van der Waals surface area contributed by atoms with Gasteiger partial charge in [0.05, 0.1) is 38.0 Å². The van der Waals surface area contributed by atoms with Crippen LogP contribution in [0.2, 0.25) is 0 Å². The monoisotopic (exact) mass is 458 g/mol. The Kier molecular flexibility index (Phi) is 11.2. The van der Waals surface area contributed by atoms with Crippen molar-refractivity contribution in [1.82, 2.24) is 20.7 Å². The van der Waals surface area contributed by atoms with E-state index in [-0.39, 0.29) is 30.7 Å². The molecule has 0 aliphatic carbocycles. The van der Waals surface area contributed by atoms with Crippen LogP contribution in [0.5, 0.6) is 0 Å². The Bertz CT molecular complexity index is 707. The number of thiazole rings is 1. The van der Waals surface area contributed by atoms with Gasteiger partial charge >= 0.3 is 6.09 Å².